The number of carbonyl (C=O) groups excluding carboxylic acids is 2. The van der Waals surface area contributed by atoms with Crippen molar-refractivity contribution in [1.29, 1.82) is 0 Å². The van der Waals surface area contributed by atoms with Gasteiger partial charge in [-0.25, -0.2) is 10.2 Å². The molecule has 2 aromatic rings. The van der Waals surface area contributed by atoms with Crippen LogP contribution in [0.5, 0.6) is 5.75 Å². The number of phenols is 1. The number of nitrogens with zero attached hydrogens (tertiary/aromatic N) is 1. The molecule has 0 aliphatic rings. The second-order valence-electron chi connectivity index (χ2n) is 4.93. The number of halogens is 3. The van der Waals surface area contributed by atoms with Gasteiger partial charge in [0.05, 0.1) is 16.3 Å². The van der Waals surface area contributed by atoms with Gasteiger partial charge in [0, 0.05) is 15.7 Å². The molecule has 0 aliphatic heterocycles. The van der Waals surface area contributed by atoms with Gasteiger partial charge < -0.3 is 15.7 Å². The van der Waals surface area contributed by atoms with Gasteiger partial charge in [0.2, 0.25) is 0 Å². The smallest absolute Gasteiger partial charge is 0.319 e. The number of carbonyl (C=O) groups is 2. The Kier molecular flexibility index (Phi) is 7.26. The molecule has 0 heterocycles. The Hall–Kier alpha value is -2.29. The molecule has 0 atom stereocenters. The number of hydrazone groups is 1. The Bertz CT molecular complexity index is 861. The van der Waals surface area contributed by atoms with E-state index < -0.39 is 11.9 Å². The maximum Gasteiger partial charge on any atom is 0.319 e. The SMILES string of the molecule is O=C(CNC(=O)Nc1ccc(Cl)c(Cl)c1)N/N=C/c1cc(Br)ccc1O. The van der Waals surface area contributed by atoms with Crippen LogP contribution in [-0.4, -0.2) is 29.8 Å². The Morgan fingerprint density at radius 1 is 1.15 bits per heavy atom. The van der Waals surface area contributed by atoms with Gasteiger partial charge in [-0.05, 0) is 36.4 Å². The fourth-order valence-electron chi connectivity index (χ4n) is 1.75. The highest BCUT2D eigenvalue weighted by molar-refractivity contribution is 9.10. The summed E-state index contributed by atoms with van der Waals surface area (Å²) >= 11 is 14.9. The minimum atomic E-state index is -0.591. The van der Waals surface area contributed by atoms with Crippen LogP contribution >= 0.6 is 39.1 Å². The second kappa shape index (κ2) is 9.42. The predicted molar refractivity (Wildman–Crippen MR) is 105 cm³/mol. The maximum absolute atomic E-state index is 11.7. The number of anilines is 1. The zero-order chi connectivity index (χ0) is 19.1. The molecule has 0 saturated heterocycles. The second-order valence-corrected chi connectivity index (χ2v) is 6.66. The van der Waals surface area contributed by atoms with Gasteiger partial charge in [-0.15, -0.1) is 0 Å². The largest absolute Gasteiger partial charge is 0.507 e. The van der Waals surface area contributed by atoms with Crippen LogP contribution in [0.2, 0.25) is 10.0 Å². The lowest BCUT2D eigenvalue weighted by Crippen LogP contribution is -2.37. The minimum absolute atomic E-state index is 0.0188. The van der Waals surface area contributed by atoms with E-state index in [9.17, 15) is 14.7 Å². The molecule has 26 heavy (non-hydrogen) atoms. The van der Waals surface area contributed by atoms with E-state index in [1.54, 1.807) is 18.2 Å². The molecule has 0 fully saturated rings. The number of nitrogens with one attached hydrogen (secondary N) is 3. The summed E-state index contributed by atoms with van der Waals surface area (Å²) in [4.78, 5) is 23.4. The van der Waals surface area contributed by atoms with E-state index in [1.807, 2.05) is 0 Å². The lowest BCUT2D eigenvalue weighted by Gasteiger charge is -2.07. The summed E-state index contributed by atoms with van der Waals surface area (Å²) in [6.45, 7) is -0.297. The third-order valence-electron chi connectivity index (χ3n) is 2.97. The number of hydrogen-bond acceptors (Lipinski definition) is 4. The van der Waals surface area contributed by atoms with Crippen LogP contribution in [0.3, 0.4) is 0 Å². The first kappa shape index (κ1) is 20.0. The monoisotopic (exact) mass is 458 g/mol. The molecule has 2 aromatic carbocycles. The number of rotatable bonds is 5. The quantitative estimate of drug-likeness (QED) is 0.404. The van der Waals surface area contributed by atoms with Crippen LogP contribution in [0.15, 0.2) is 46.0 Å². The normalized spacial score (nSPS) is 10.6. The highest BCUT2D eigenvalue weighted by atomic mass is 79.9. The molecule has 0 aliphatic carbocycles. The van der Waals surface area contributed by atoms with Crippen LogP contribution in [0.1, 0.15) is 5.56 Å². The van der Waals surface area contributed by atoms with E-state index in [1.165, 1.54) is 24.4 Å². The van der Waals surface area contributed by atoms with Gasteiger partial charge in [-0.2, -0.15) is 5.10 Å². The molecule has 7 nitrogen and oxygen atoms in total. The van der Waals surface area contributed by atoms with E-state index in [2.05, 4.69) is 37.1 Å². The van der Waals surface area contributed by atoms with Crippen molar-refractivity contribution in [3.8, 4) is 5.75 Å². The van der Waals surface area contributed by atoms with E-state index >= 15 is 0 Å². The molecule has 10 heteroatoms. The van der Waals surface area contributed by atoms with Crippen LogP contribution in [0.25, 0.3) is 0 Å². The Morgan fingerprint density at radius 3 is 2.65 bits per heavy atom. The fraction of sp³-hybridized carbons (Fsp3) is 0.0625. The Morgan fingerprint density at radius 2 is 1.92 bits per heavy atom. The lowest BCUT2D eigenvalue weighted by molar-refractivity contribution is -0.120. The third kappa shape index (κ3) is 6.21. The first-order valence-electron chi connectivity index (χ1n) is 7.15. The number of benzene rings is 2. The van der Waals surface area contributed by atoms with Crippen molar-refractivity contribution in [2.75, 3.05) is 11.9 Å². The summed E-state index contributed by atoms with van der Waals surface area (Å²) in [5.74, 6) is -0.523. The van der Waals surface area contributed by atoms with Gasteiger partial charge in [-0.3, -0.25) is 4.79 Å². The molecule has 0 radical (unpaired) electrons. The molecule has 0 saturated carbocycles. The summed E-state index contributed by atoms with van der Waals surface area (Å²) in [6, 6.07) is 8.80. The number of amides is 3. The van der Waals surface area contributed by atoms with E-state index in [4.69, 9.17) is 23.2 Å². The Labute approximate surface area is 167 Å². The van der Waals surface area contributed by atoms with Crippen LogP contribution in [-0.2, 0) is 4.79 Å². The van der Waals surface area contributed by atoms with E-state index in [0.29, 0.717) is 21.3 Å². The number of urea groups is 1. The molecule has 3 amide bonds. The van der Waals surface area contributed by atoms with Crippen molar-refractivity contribution >= 4 is 63.0 Å². The molecule has 4 N–H and O–H groups in total. The molecular formula is C16H13BrCl2N4O3. The molecule has 136 valence electrons. The van der Waals surface area contributed by atoms with Gasteiger partial charge in [0.1, 0.15) is 12.3 Å². The molecular weight excluding hydrogens is 447 g/mol. The highest BCUT2D eigenvalue weighted by Gasteiger charge is 2.06. The topological polar surface area (TPSA) is 103 Å². The maximum atomic E-state index is 11.7. The first-order chi connectivity index (χ1) is 12.3. The summed E-state index contributed by atoms with van der Waals surface area (Å²) in [5.41, 5.74) is 3.09. The lowest BCUT2D eigenvalue weighted by atomic mass is 10.2. The van der Waals surface area contributed by atoms with E-state index in [-0.39, 0.29) is 12.3 Å². The number of phenolic OH excluding ortho intramolecular Hbond substituents is 1. The minimum Gasteiger partial charge on any atom is -0.507 e. The summed E-state index contributed by atoms with van der Waals surface area (Å²) in [7, 11) is 0. The van der Waals surface area contributed by atoms with Crippen molar-refractivity contribution in [2.45, 2.75) is 0 Å². The zero-order valence-corrected chi connectivity index (χ0v) is 16.2. The standard InChI is InChI=1S/C16H13BrCl2N4O3/c17-10-1-4-14(24)9(5-10)7-21-23-15(25)8-20-16(26)22-11-2-3-12(18)13(19)6-11/h1-7,24H,8H2,(H,23,25)(H2,20,22,26)/b21-7+. The van der Waals surface area contributed by atoms with Crippen molar-refractivity contribution in [2.24, 2.45) is 5.10 Å². The molecule has 2 rings (SSSR count). The van der Waals surface area contributed by atoms with Crippen molar-refractivity contribution in [3.05, 3.63) is 56.5 Å². The van der Waals surface area contributed by atoms with Gasteiger partial charge >= 0.3 is 6.03 Å². The number of aromatic hydroxyl groups is 1. The first-order valence-corrected chi connectivity index (χ1v) is 8.70. The van der Waals surface area contributed by atoms with Crippen LogP contribution in [0, 0.1) is 0 Å². The number of hydrogen-bond donors (Lipinski definition) is 4. The van der Waals surface area contributed by atoms with Gasteiger partial charge in [-0.1, -0.05) is 39.1 Å². The van der Waals surface area contributed by atoms with Gasteiger partial charge in [0.25, 0.3) is 5.91 Å². The van der Waals surface area contributed by atoms with Crippen molar-refractivity contribution in [1.82, 2.24) is 10.7 Å². The summed E-state index contributed by atoms with van der Waals surface area (Å²) in [6.07, 6.45) is 1.29. The van der Waals surface area contributed by atoms with Crippen molar-refractivity contribution < 1.29 is 14.7 Å². The van der Waals surface area contributed by atoms with Crippen molar-refractivity contribution in [3.63, 3.8) is 0 Å². The Balaban J connectivity index is 1.79. The predicted octanol–water partition coefficient (Wildman–Crippen LogP) is 3.73. The van der Waals surface area contributed by atoms with Crippen LogP contribution in [0.4, 0.5) is 10.5 Å². The average molecular weight is 460 g/mol. The zero-order valence-electron chi connectivity index (χ0n) is 13.1. The van der Waals surface area contributed by atoms with Gasteiger partial charge in [0.15, 0.2) is 0 Å². The average Bonchev–Trinajstić information content (AvgIpc) is 2.59. The molecule has 0 unspecified atom stereocenters. The molecule has 0 spiro atoms. The fourth-order valence-corrected chi connectivity index (χ4v) is 2.43. The molecule has 0 aromatic heterocycles. The molecule has 0 bridgehead atoms. The van der Waals surface area contributed by atoms with E-state index in [0.717, 1.165) is 4.47 Å². The summed E-state index contributed by atoms with van der Waals surface area (Å²) in [5, 5.41) is 18.9. The third-order valence-corrected chi connectivity index (χ3v) is 4.20. The summed E-state index contributed by atoms with van der Waals surface area (Å²) < 4.78 is 0.753. The highest BCUT2D eigenvalue weighted by Crippen LogP contribution is 2.24. The van der Waals surface area contributed by atoms with Crippen LogP contribution < -0.4 is 16.1 Å².